The predicted octanol–water partition coefficient (Wildman–Crippen LogP) is 1.84. The van der Waals surface area contributed by atoms with E-state index in [0.29, 0.717) is 18.4 Å². The second kappa shape index (κ2) is 5.61. The fourth-order valence-corrected chi connectivity index (χ4v) is 2.62. The van der Waals surface area contributed by atoms with Crippen molar-refractivity contribution in [3.05, 3.63) is 35.6 Å². The van der Waals surface area contributed by atoms with E-state index in [4.69, 9.17) is 0 Å². The van der Waals surface area contributed by atoms with Crippen LogP contribution in [0.3, 0.4) is 0 Å². The molecule has 1 heterocycles. The first-order valence-corrected chi connectivity index (χ1v) is 6.85. The minimum absolute atomic E-state index is 0.0249. The molecule has 1 saturated heterocycles. The molecule has 0 unspecified atom stereocenters. The molecule has 1 aromatic carbocycles. The Morgan fingerprint density at radius 3 is 2.60 bits per heavy atom. The zero-order valence-corrected chi connectivity index (χ0v) is 11.8. The van der Waals surface area contributed by atoms with E-state index in [0.717, 1.165) is 0 Å². The molecular formula is C15H19FN2O2. The second-order valence-corrected chi connectivity index (χ2v) is 5.13. The first kappa shape index (κ1) is 14.5. The highest BCUT2D eigenvalue weighted by Gasteiger charge is 2.43. The molecule has 0 radical (unpaired) electrons. The van der Waals surface area contributed by atoms with Crippen molar-refractivity contribution in [1.82, 2.24) is 10.2 Å². The molecule has 1 N–H and O–H groups in total. The van der Waals surface area contributed by atoms with Crippen LogP contribution in [0.1, 0.15) is 32.3 Å². The van der Waals surface area contributed by atoms with E-state index in [1.165, 1.54) is 17.0 Å². The lowest BCUT2D eigenvalue weighted by atomic mass is 9.88. The van der Waals surface area contributed by atoms with E-state index in [1.807, 2.05) is 13.8 Å². The Balaban J connectivity index is 2.22. The standard InChI is InChI=1S/C15H19FN2O2/c1-3-15(4-2)14(20)18(10-13(19)17-15)9-11-6-5-7-12(16)8-11/h5-8H,3-4,9-10H2,1-2H3,(H,17,19). The number of hydrogen-bond donors (Lipinski definition) is 1. The summed E-state index contributed by atoms with van der Waals surface area (Å²) >= 11 is 0. The molecule has 20 heavy (non-hydrogen) atoms. The van der Waals surface area contributed by atoms with Crippen LogP contribution < -0.4 is 5.32 Å². The van der Waals surface area contributed by atoms with E-state index >= 15 is 0 Å². The van der Waals surface area contributed by atoms with Gasteiger partial charge in [0.2, 0.25) is 11.8 Å². The van der Waals surface area contributed by atoms with Crippen molar-refractivity contribution in [2.24, 2.45) is 0 Å². The number of piperazine rings is 1. The minimum Gasteiger partial charge on any atom is -0.340 e. The molecule has 108 valence electrons. The Morgan fingerprint density at radius 2 is 2.00 bits per heavy atom. The molecule has 2 amide bonds. The summed E-state index contributed by atoms with van der Waals surface area (Å²) in [5.41, 5.74) is -0.128. The molecule has 0 atom stereocenters. The first-order valence-electron chi connectivity index (χ1n) is 6.85. The number of carbonyl (C=O) groups excluding carboxylic acids is 2. The maximum atomic E-state index is 13.2. The highest BCUT2D eigenvalue weighted by Crippen LogP contribution is 2.23. The average Bonchev–Trinajstić information content (AvgIpc) is 2.42. The van der Waals surface area contributed by atoms with Crippen molar-refractivity contribution in [3.63, 3.8) is 0 Å². The van der Waals surface area contributed by atoms with E-state index in [2.05, 4.69) is 5.32 Å². The predicted molar refractivity (Wildman–Crippen MR) is 73.3 cm³/mol. The van der Waals surface area contributed by atoms with Gasteiger partial charge < -0.3 is 10.2 Å². The summed E-state index contributed by atoms with van der Waals surface area (Å²) in [5, 5.41) is 2.80. The Bertz CT molecular complexity index is 526. The summed E-state index contributed by atoms with van der Waals surface area (Å²) in [5.74, 6) is -0.593. The van der Waals surface area contributed by atoms with E-state index < -0.39 is 5.54 Å². The quantitative estimate of drug-likeness (QED) is 0.913. The number of rotatable bonds is 4. The average molecular weight is 278 g/mol. The molecule has 1 aliphatic heterocycles. The second-order valence-electron chi connectivity index (χ2n) is 5.13. The van der Waals surface area contributed by atoms with Crippen molar-refractivity contribution in [2.75, 3.05) is 6.54 Å². The molecule has 5 heteroatoms. The SMILES string of the molecule is CCC1(CC)NC(=O)CN(Cc2cccc(F)c2)C1=O. The van der Waals surface area contributed by atoms with Gasteiger partial charge in [-0.1, -0.05) is 26.0 Å². The molecule has 2 rings (SSSR count). The van der Waals surface area contributed by atoms with Gasteiger partial charge in [0.05, 0.1) is 6.54 Å². The van der Waals surface area contributed by atoms with Crippen molar-refractivity contribution < 1.29 is 14.0 Å². The van der Waals surface area contributed by atoms with Gasteiger partial charge in [-0.15, -0.1) is 0 Å². The zero-order valence-electron chi connectivity index (χ0n) is 11.8. The molecule has 0 aromatic heterocycles. The van der Waals surface area contributed by atoms with Crippen LogP contribution in [0.15, 0.2) is 24.3 Å². The molecule has 0 spiro atoms. The lowest BCUT2D eigenvalue weighted by Crippen LogP contribution is -2.65. The highest BCUT2D eigenvalue weighted by atomic mass is 19.1. The van der Waals surface area contributed by atoms with Gasteiger partial charge in [0.1, 0.15) is 11.4 Å². The van der Waals surface area contributed by atoms with Crippen LogP contribution >= 0.6 is 0 Å². The summed E-state index contributed by atoms with van der Waals surface area (Å²) in [6, 6.07) is 6.10. The lowest BCUT2D eigenvalue weighted by molar-refractivity contribution is -0.151. The topological polar surface area (TPSA) is 49.4 Å². The fraction of sp³-hybridized carbons (Fsp3) is 0.467. The third-order valence-corrected chi connectivity index (χ3v) is 3.88. The third kappa shape index (κ3) is 2.66. The van der Waals surface area contributed by atoms with Crippen molar-refractivity contribution in [3.8, 4) is 0 Å². The molecule has 1 fully saturated rings. The van der Waals surface area contributed by atoms with Crippen molar-refractivity contribution >= 4 is 11.8 Å². The van der Waals surface area contributed by atoms with Gasteiger partial charge in [0, 0.05) is 6.54 Å². The Kier molecular flexibility index (Phi) is 4.06. The van der Waals surface area contributed by atoms with Crippen LogP contribution in [0.4, 0.5) is 4.39 Å². The normalized spacial score (nSPS) is 18.1. The molecule has 0 bridgehead atoms. The van der Waals surface area contributed by atoms with Gasteiger partial charge in [-0.2, -0.15) is 0 Å². The number of carbonyl (C=O) groups is 2. The van der Waals surface area contributed by atoms with Gasteiger partial charge in [-0.25, -0.2) is 4.39 Å². The van der Waals surface area contributed by atoms with Crippen LogP contribution in [-0.2, 0) is 16.1 Å². The van der Waals surface area contributed by atoms with Crippen LogP contribution in [0.25, 0.3) is 0 Å². The monoisotopic (exact) mass is 278 g/mol. The Hall–Kier alpha value is -1.91. The van der Waals surface area contributed by atoms with Gasteiger partial charge in [-0.3, -0.25) is 9.59 Å². The number of amides is 2. The molecule has 0 aliphatic carbocycles. The van der Waals surface area contributed by atoms with Gasteiger partial charge in [0.15, 0.2) is 0 Å². The van der Waals surface area contributed by atoms with E-state index in [9.17, 15) is 14.0 Å². The van der Waals surface area contributed by atoms with Gasteiger partial charge >= 0.3 is 0 Å². The summed E-state index contributed by atoms with van der Waals surface area (Å²) in [6.45, 7) is 4.05. The number of hydrogen-bond acceptors (Lipinski definition) is 2. The zero-order chi connectivity index (χ0) is 14.8. The number of halogens is 1. The van der Waals surface area contributed by atoms with Crippen LogP contribution in [-0.4, -0.2) is 28.8 Å². The van der Waals surface area contributed by atoms with E-state index in [-0.39, 0.29) is 30.7 Å². The van der Waals surface area contributed by atoms with Gasteiger partial charge in [-0.05, 0) is 30.5 Å². The molecule has 1 aromatic rings. The van der Waals surface area contributed by atoms with Crippen molar-refractivity contribution in [2.45, 2.75) is 38.8 Å². The highest BCUT2D eigenvalue weighted by molar-refractivity contribution is 5.97. The van der Waals surface area contributed by atoms with Gasteiger partial charge in [0.25, 0.3) is 0 Å². The number of nitrogens with one attached hydrogen (secondary N) is 1. The lowest BCUT2D eigenvalue weighted by Gasteiger charge is -2.41. The van der Waals surface area contributed by atoms with Crippen LogP contribution in [0.5, 0.6) is 0 Å². The summed E-state index contributed by atoms with van der Waals surface area (Å²) in [4.78, 5) is 25.9. The maximum Gasteiger partial charge on any atom is 0.249 e. The largest absolute Gasteiger partial charge is 0.340 e. The summed E-state index contributed by atoms with van der Waals surface area (Å²) in [7, 11) is 0. The third-order valence-electron chi connectivity index (χ3n) is 3.88. The van der Waals surface area contributed by atoms with Crippen LogP contribution in [0, 0.1) is 5.82 Å². The molecular weight excluding hydrogens is 259 g/mol. The summed E-state index contributed by atoms with van der Waals surface area (Å²) < 4.78 is 13.2. The van der Waals surface area contributed by atoms with E-state index in [1.54, 1.807) is 12.1 Å². The number of benzene rings is 1. The molecule has 4 nitrogen and oxygen atoms in total. The van der Waals surface area contributed by atoms with Crippen molar-refractivity contribution in [1.29, 1.82) is 0 Å². The minimum atomic E-state index is -0.817. The van der Waals surface area contributed by atoms with Crippen LogP contribution in [0.2, 0.25) is 0 Å². The smallest absolute Gasteiger partial charge is 0.249 e. The molecule has 1 aliphatic rings. The Labute approximate surface area is 118 Å². The fourth-order valence-electron chi connectivity index (χ4n) is 2.62. The number of nitrogens with zero attached hydrogens (tertiary/aromatic N) is 1. The Morgan fingerprint density at radius 1 is 1.30 bits per heavy atom. The molecule has 0 saturated carbocycles. The summed E-state index contributed by atoms with van der Waals surface area (Å²) in [6.07, 6.45) is 1.10. The maximum absolute atomic E-state index is 13.2. The first-order chi connectivity index (χ1) is 9.50.